The molecule has 0 spiro atoms. The maximum absolute atomic E-state index is 13.4. The summed E-state index contributed by atoms with van der Waals surface area (Å²) >= 11 is 5.84. The summed E-state index contributed by atoms with van der Waals surface area (Å²) in [4.78, 5) is 3.93. The van der Waals surface area contributed by atoms with E-state index in [1.54, 1.807) is 19.2 Å². The van der Waals surface area contributed by atoms with Gasteiger partial charge in [-0.15, -0.1) is 0 Å². The highest BCUT2D eigenvalue weighted by Gasteiger charge is 2.41. The quantitative estimate of drug-likeness (QED) is 0.522. The van der Waals surface area contributed by atoms with Crippen LogP contribution in [0, 0.1) is 5.82 Å². The largest absolute Gasteiger partial charge is 0.417 e. The molecule has 0 radical (unpaired) electrons. The van der Waals surface area contributed by atoms with Crippen molar-refractivity contribution < 1.29 is 26.0 Å². The van der Waals surface area contributed by atoms with E-state index in [-0.39, 0.29) is 18.1 Å². The zero-order chi connectivity index (χ0) is 24.0. The average Bonchev–Trinajstić information content (AvgIpc) is 3.35. The van der Waals surface area contributed by atoms with Gasteiger partial charge in [-0.1, -0.05) is 23.7 Å². The maximum Gasteiger partial charge on any atom is 0.417 e. The van der Waals surface area contributed by atoms with Gasteiger partial charge in [0.05, 0.1) is 16.9 Å². The third-order valence-electron chi connectivity index (χ3n) is 5.50. The predicted molar refractivity (Wildman–Crippen MR) is 115 cm³/mol. The summed E-state index contributed by atoms with van der Waals surface area (Å²) in [5, 5.41) is 2.52. The van der Waals surface area contributed by atoms with Crippen molar-refractivity contribution in [1.82, 2.24) is 13.9 Å². The van der Waals surface area contributed by atoms with Crippen LogP contribution in [0.1, 0.15) is 17.0 Å². The lowest BCUT2D eigenvalue weighted by atomic mass is 9.94. The Morgan fingerprint density at radius 1 is 1.12 bits per heavy atom. The van der Waals surface area contributed by atoms with Crippen molar-refractivity contribution in [3.63, 3.8) is 0 Å². The Labute approximate surface area is 192 Å². The molecule has 1 aliphatic heterocycles. The number of nitrogens with one attached hydrogen (secondary N) is 1. The molecule has 0 aliphatic carbocycles. The lowest BCUT2D eigenvalue weighted by Crippen LogP contribution is -2.32. The molecule has 2 aromatic carbocycles. The third-order valence-corrected chi connectivity index (χ3v) is 7.53. The Bertz CT molecular complexity index is 1260. The van der Waals surface area contributed by atoms with Crippen LogP contribution in [-0.2, 0) is 23.2 Å². The number of sulfonamides is 1. The number of halogens is 5. The van der Waals surface area contributed by atoms with E-state index in [2.05, 4.69) is 10.3 Å². The average molecular weight is 503 g/mol. The molecule has 1 N–H and O–H groups in total. The van der Waals surface area contributed by atoms with Gasteiger partial charge in [-0.3, -0.25) is 0 Å². The fourth-order valence-corrected chi connectivity index (χ4v) is 5.61. The lowest BCUT2D eigenvalue weighted by Gasteiger charge is -2.22. The van der Waals surface area contributed by atoms with Crippen molar-refractivity contribution in [3.05, 3.63) is 77.0 Å². The number of hydrogen-bond acceptors (Lipinski definition) is 4. The van der Waals surface area contributed by atoms with E-state index in [9.17, 15) is 26.0 Å². The minimum atomic E-state index is -4.59. The number of benzene rings is 2. The van der Waals surface area contributed by atoms with Gasteiger partial charge < -0.3 is 9.88 Å². The fourth-order valence-electron chi connectivity index (χ4n) is 3.86. The molecule has 0 unspecified atom stereocenters. The van der Waals surface area contributed by atoms with Gasteiger partial charge in [0.2, 0.25) is 0 Å². The Morgan fingerprint density at radius 2 is 1.82 bits per heavy atom. The van der Waals surface area contributed by atoms with Crippen LogP contribution in [0.5, 0.6) is 0 Å². The molecule has 1 fully saturated rings. The van der Waals surface area contributed by atoms with Crippen molar-refractivity contribution in [3.8, 4) is 0 Å². The molecule has 3 aromatic rings. The van der Waals surface area contributed by atoms with Crippen LogP contribution in [0.4, 0.5) is 23.2 Å². The monoisotopic (exact) mass is 502 g/mol. The van der Waals surface area contributed by atoms with Crippen molar-refractivity contribution in [1.29, 1.82) is 0 Å². The summed E-state index contributed by atoms with van der Waals surface area (Å²) in [5.41, 5.74) is 0.0309. The first kappa shape index (κ1) is 23.5. The Morgan fingerprint density at radius 3 is 2.39 bits per heavy atom. The second-order valence-corrected chi connectivity index (χ2v) is 10.1. The summed E-state index contributed by atoms with van der Waals surface area (Å²) < 4.78 is 81.5. The van der Waals surface area contributed by atoms with Crippen molar-refractivity contribution in [2.75, 3.05) is 18.4 Å². The maximum atomic E-state index is 13.4. The molecule has 2 heterocycles. The highest BCUT2D eigenvalue weighted by Crippen LogP contribution is 2.37. The summed E-state index contributed by atoms with van der Waals surface area (Å²) in [6, 6.07) is 8.43. The molecule has 0 bridgehead atoms. The van der Waals surface area contributed by atoms with E-state index in [1.165, 1.54) is 39.6 Å². The first-order chi connectivity index (χ1) is 15.4. The zero-order valence-corrected chi connectivity index (χ0v) is 18.8. The third kappa shape index (κ3) is 4.85. The molecule has 1 saturated heterocycles. The highest BCUT2D eigenvalue weighted by atomic mass is 35.5. The first-order valence-electron chi connectivity index (χ1n) is 9.82. The Hall–Kier alpha value is -2.63. The van der Waals surface area contributed by atoms with Crippen LogP contribution in [0.15, 0.2) is 60.0 Å². The second-order valence-electron chi connectivity index (χ2n) is 7.80. The van der Waals surface area contributed by atoms with Crippen LogP contribution in [-0.4, -0.2) is 41.4 Å². The van der Waals surface area contributed by atoms with Gasteiger partial charge in [0, 0.05) is 44.0 Å². The Kier molecular flexibility index (Phi) is 6.14. The fraction of sp³-hybridized carbons (Fsp3) is 0.286. The predicted octanol–water partition coefficient (Wildman–Crippen LogP) is 4.50. The number of aromatic nitrogens is 2. The van der Waals surface area contributed by atoms with Gasteiger partial charge in [-0.2, -0.15) is 17.5 Å². The van der Waals surface area contributed by atoms with E-state index in [0.717, 1.165) is 12.1 Å². The molecule has 33 heavy (non-hydrogen) atoms. The van der Waals surface area contributed by atoms with Gasteiger partial charge >= 0.3 is 6.18 Å². The van der Waals surface area contributed by atoms with Crippen LogP contribution in [0.2, 0.25) is 5.02 Å². The summed E-state index contributed by atoms with van der Waals surface area (Å²) in [6.07, 6.45) is -1.83. The SMILES string of the molecule is Cn1cnc(S(=O)(=O)N2C[C@H](Nc3ccc(C(F)(F)F)c(Cl)c3)[C@@H](c3ccc(F)cc3)C2)c1. The lowest BCUT2D eigenvalue weighted by molar-refractivity contribution is -0.137. The molecule has 6 nitrogen and oxygen atoms in total. The van der Waals surface area contributed by atoms with E-state index in [1.807, 2.05) is 0 Å². The van der Waals surface area contributed by atoms with Crippen LogP contribution in [0.25, 0.3) is 0 Å². The molecule has 12 heteroatoms. The van der Waals surface area contributed by atoms with E-state index >= 15 is 0 Å². The van der Waals surface area contributed by atoms with Crippen LogP contribution in [0.3, 0.4) is 0 Å². The molecule has 0 saturated carbocycles. The second kappa shape index (κ2) is 8.62. The summed E-state index contributed by atoms with van der Waals surface area (Å²) in [7, 11) is -2.27. The van der Waals surface area contributed by atoms with E-state index < -0.39 is 44.6 Å². The molecule has 0 amide bonds. The topological polar surface area (TPSA) is 67.2 Å². The minimum absolute atomic E-state index is 0.0274. The van der Waals surface area contributed by atoms with E-state index in [0.29, 0.717) is 11.3 Å². The van der Waals surface area contributed by atoms with Gasteiger partial charge in [-0.05, 0) is 35.9 Å². The number of aryl methyl sites for hydroxylation is 1. The highest BCUT2D eigenvalue weighted by molar-refractivity contribution is 7.89. The standard InChI is InChI=1S/C21H19ClF4N4O2S/c1-29-11-20(27-12-29)33(31,32)30-9-16(13-2-4-14(23)5-3-13)19(10-30)28-15-6-7-17(18(22)8-15)21(24,25)26/h2-8,11-12,16,19,28H,9-10H2,1H3/t16-,19+/m1/s1. The van der Waals surface area contributed by atoms with Crippen molar-refractivity contribution >= 4 is 27.3 Å². The van der Waals surface area contributed by atoms with Crippen LogP contribution < -0.4 is 5.32 Å². The molecule has 4 rings (SSSR count). The molecule has 2 atom stereocenters. The molecule has 1 aliphatic rings. The van der Waals surface area contributed by atoms with Gasteiger partial charge in [0.1, 0.15) is 5.82 Å². The van der Waals surface area contributed by atoms with E-state index in [4.69, 9.17) is 11.6 Å². The molecule has 1 aromatic heterocycles. The number of alkyl halides is 3. The van der Waals surface area contributed by atoms with Gasteiger partial charge in [0.25, 0.3) is 10.0 Å². The Balaban J connectivity index is 1.65. The summed E-state index contributed by atoms with van der Waals surface area (Å²) in [6.45, 7) is 0.107. The number of anilines is 1. The van der Waals surface area contributed by atoms with Crippen molar-refractivity contribution in [2.24, 2.45) is 7.05 Å². The van der Waals surface area contributed by atoms with Crippen LogP contribution >= 0.6 is 11.6 Å². The number of hydrogen-bond donors (Lipinski definition) is 1. The normalized spacial score (nSPS) is 19.7. The molecular weight excluding hydrogens is 484 g/mol. The zero-order valence-electron chi connectivity index (χ0n) is 17.2. The number of nitrogens with zero attached hydrogens (tertiary/aromatic N) is 3. The van der Waals surface area contributed by atoms with Gasteiger partial charge in [0.15, 0.2) is 5.03 Å². The number of imidazole rings is 1. The molecule has 176 valence electrons. The van der Waals surface area contributed by atoms with Gasteiger partial charge in [-0.25, -0.2) is 17.8 Å². The minimum Gasteiger partial charge on any atom is -0.380 e. The smallest absolute Gasteiger partial charge is 0.380 e. The summed E-state index contributed by atoms with van der Waals surface area (Å²) in [5.74, 6) is -0.834. The first-order valence-corrected chi connectivity index (χ1v) is 11.6. The molecular formula is C21H19ClF4N4O2S. The number of rotatable bonds is 5. The van der Waals surface area contributed by atoms with Crippen molar-refractivity contribution in [2.45, 2.75) is 23.2 Å².